The maximum atomic E-state index is 13.4. The minimum absolute atomic E-state index is 0.237. The molecule has 1 fully saturated rings. The number of carbonyl (C=O) groups is 1. The lowest BCUT2D eigenvalue weighted by atomic mass is 9.82. The summed E-state index contributed by atoms with van der Waals surface area (Å²) in [6.07, 6.45) is 4.28. The van der Waals surface area contributed by atoms with Crippen LogP contribution in [-0.4, -0.2) is 11.4 Å². The minimum Gasteiger partial charge on any atom is -0.334 e. The topological polar surface area (TPSA) is 52.9 Å². The van der Waals surface area contributed by atoms with Gasteiger partial charge in [0, 0.05) is 5.56 Å². The zero-order valence-electron chi connectivity index (χ0n) is 10.4. The predicted molar refractivity (Wildman–Crippen MR) is 73.0 cm³/mol. The Labute approximate surface area is 119 Å². The van der Waals surface area contributed by atoms with Crippen LogP contribution in [0.15, 0.2) is 22.7 Å². The van der Waals surface area contributed by atoms with Gasteiger partial charge in [0.2, 0.25) is 0 Å². The Balaban J connectivity index is 2.15. The third-order valence-corrected chi connectivity index (χ3v) is 4.10. The van der Waals surface area contributed by atoms with Crippen molar-refractivity contribution in [2.75, 3.05) is 0 Å². The molecular weight excluding hydrogens is 311 g/mol. The van der Waals surface area contributed by atoms with Gasteiger partial charge in [-0.25, -0.2) is 4.39 Å². The van der Waals surface area contributed by atoms with Gasteiger partial charge < -0.3 is 5.32 Å². The molecule has 0 bridgehead atoms. The van der Waals surface area contributed by atoms with E-state index in [1.54, 1.807) is 0 Å². The van der Waals surface area contributed by atoms with Crippen molar-refractivity contribution in [3.8, 4) is 6.07 Å². The monoisotopic (exact) mass is 324 g/mol. The molecule has 1 aromatic carbocycles. The van der Waals surface area contributed by atoms with Gasteiger partial charge in [0.15, 0.2) is 0 Å². The number of nitriles is 1. The van der Waals surface area contributed by atoms with Crippen LogP contribution in [0.1, 0.15) is 42.5 Å². The van der Waals surface area contributed by atoms with Gasteiger partial charge in [0.1, 0.15) is 11.4 Å². The normalized spacial score (nSPS) is 17.5. The van der Waals surface area contributed by atoms with Gasteiger partial charge in [0.25, 0.3) is 5.91 Å². The third kappa shape index (κ3) is 3.13. The van der Waals surface area contributed by atoms with Crippen LogP contribution in [0.25, 0.3) is 0 Å². The number of nitrogens with zero attached hydrogens (tertiary/aromatic N) is 1. The van der Waals surface area contributed by atoms with Crippen molar-refractivity contribution in [1.29, 1.82) is 5.26 Å². The van der Waals surface area contributed by atoms with E-state index < -0.39 is 17.3 Å². The summed E-state index contributed by atoms with van der Waals surface area (Å²) in [6.45, 7) is 0. The molecule has 0 saturated heterocycles. The number of benzene rings is 1. The number of rotatable bonds is 2. The molecule has 5 heteroatoms. The summed E-state index contributed by atoms with van der Waals surface area (Å²) in [4.78, 5) is 12.1. The van der Waals surface area contributed by atoms with E-state index in [0.717, 1.165) is 19.3 Å². The molecule has 0 heterocycles. The summed E-state index contributed by atoms with van der Waals surface area (Å²) < 4.78 is 13.7. The van der Waals surface area contributed by atoms with Crippen LogP contribution in [0.2, 0.25) is 0 Å². The van der Waals surface area contributed by atoms with Crippen molar-refractivity contribution in [3.05, 3.63) is 34.1 Å². The molecule has 0 aromatic heterocycles. The van der Waals surface area contributed by atoms with Crippen LogP contribution in [0.4, 0.5) is 4.39 Å². The molecule has 2 rings (SSSR count). The van der Waals surface area contributed by atoms with Gasteiger partial charge in [-0.1, -0.05) is 19.3 Å². The Morgan fingerprint density at radius 3 is 2.63 bits per heavy atom. The molecule has 3 nitrogen and oxygen atoms in total. The van der Waals surface area contributed by atoms with Gasteiger partial charge in [0.05, 0.1) is 10.5 Å². The molecule has 19 heavy (non-hydrogen) atoms. The highest BCUT2D eigenvalue weighted by atomic mass is 79.9. The highest BCUT2D eigenvalue weighted by molar-refractivity contribution is 9.10. The molecule has 1 amide bonds. The number of hydrogen-bond donors (Lipinski definition) is 1. The van der Waals surface area contributed by atoms with Crippen LogP contribution >= 0.6 is 15.9 Å². The zero-order valence-corrected chi connectivity index (χ0v) is 12.0. The highest BCUT2D eigenvalue weighted by Gasteiger charge is 2.33. The average Bonchev–Trinajstić information content (AvgIpc) is 2.43. The zero-order chi connectivity index (χ0) is 13.9. The van der Waals surface area contributed by atoms with Gasteiger partial charge in [-0.15, -0.1) is 0 Å². The summed E-state index contributed by atoms with van der Waals surface area (Å²) in [6, 6.07) is 6.41. The molecule has 0 radical (unpaired) electrons. The molecular formula is C14H14BrFN2O. The van der Waals surface area contributed by atoms with E-state index in [9.17, 15) is 14.4 Å². The van der Waals surface area contributed by atoms with E-state index in [1.165, 1.54) is 18.2 Å². The van der Waals surface area contributed by atoms with E-state index in [0.29, 0.717) is 17.3 Å². The van der Waals surface area contributed by atoms with E-state index in [-0.39, 0.29) is 5.56 Å². The first kappa shape index (κ1) is 14.0. The van der Waals surface area contributed by atoms with E-state index in [4.69, 9.17) is 0 Å². The van der Waals surface area contributed by atoms with Crippen LogP contribution in [0.5, 0.6) is 0 Å². The maximum absolute atomic E-state index is 13.4. The fraction of sp³-hybridized carbons (Fsp3) is 0.429. The fourth-order valence-electron chi connectivity index (χ4n) is 2.35. The molecule has 1 aliphatic rings. The van der Waals surface area contributed by atoms with Crippen molar-refractivity contribution in [1.82, 2.24) is 5.32 Å². The lowest BCUT2D eigenvalue weighted by Crippen LogP contribution is -2.48. The number of amides is 1. The maximum Gasteiger partial charge on any atom is 0.252 e. The van der Waals surface area contributed by atoms with Crippen molar-refractivity contribution in [3.63, 3.8) is 0 Å². The molecule has 0 spiro atoms. The SMILES string of the molecule is N#CC1(NC(=O)c2ccc(Br)c(F)c2)CCCCC1. The molecule has 1 saturated carbocycles. The Hall–Kier alpha value is -1.41. The minimum atomic E-state index is -0.793. The summed E-state index contributed by atoms with van der Waals surface area (Å²) in [7, 11) is 0. The van der Waals surface area contributed by atoms with Gasteiger partial charge in [-0.2, -0.15) is 5.26 Å². The summed E-state index contributed by atoms with van der Waals surface area (Å²) in [5, 5.41) is 12.1. The Kier molecular flexibility index (Phi) is 4.20. The van der Waals surface area contributed by atoms with Crippen LogP contribution in [-0.2, 0) is 0 Å². The van der Waals surface area contributed by atoms with Crippen molar-refractivity contribution in [2.45, 2.75) is 37.6 Å². The molecule has 0 unspecified atom stereocenters. The quantitative estimate of drug-likeness (QED) is 0.904. The third-order valence-electron chi connectivity index (χ3n) is 3.46. The molecule has 100 valence electrons. The van der Waals surface area contributed by atoms with Crippen molar-refractivity contribution in [2.24, 2.45) is 0 Å². The summed E-state index contributed by atoms with van der Waals surface area (Å²) >= 11 is 3.04. The van der Waals surface area contributed by atoms with E-state index >= 15 is 0 Å². The second-order valence-electron chi connectivity index (χ2n) is 4.84. The first-order chi connectivity index (χ1) is 9.06. The van der Waals surface area contributed by atoms with E-state index in [2.05, 4.69) is 27.3 Å². The first-order valence-electron chi connectivity index (χ1n) is 6.25. The predicted octanol–water partition coefficient (Wildman–Crippen LogP) is 3.54. The Morgan fingerprint density at radius 1 is 1.37 bits per heavy atom. The standard InChI is InChI=1S/C14H14BrFN2O/c15-11-5-4-10(8-12(11)16)13(19)18-14(9-17)6-2-1-3-7-14/h4-5,8H,1-3,6-7H2,(H,18,19). The largest absolute Gasteiger partial charge is 0.334 e. The van der Waals surface area contributed by atoms with Crippen molar-refractivity contribution >= 4 is 21.8 Å². The smallest absolute Gasteiger partial charge is 0.252 e. The van der Waals surface area contributed by atoms with Gasteiger partial charge in [-0.3, -0.25) is 4.79 Å². The molecule has 1 aliphatic carbocycles. The Morgan fingerprint density at radius 2 is 2.05 bits per heavy atom. The molecule has 1 aromatic rings. The van der Waals surface area contributed by atoms with Gasteiger partial charge in [-0.05, 0) is 47.0 Å². The van der Waals surface area contributed by atoms with Crippen LogP contribution < -0.4 is 5.32 Å². The van der Waals surface area contributed by atoms with Crippen LogP contribution in [0.3, 0.4) is 0 Å². The Bertz CT molecular complexity index is 533. The summed E-state index contributed by atoms with van der Waals surface area (Å²) in [5.74, 6) is -0.878. The lowest BCUT2D eigenvalue weighted by molar-refractivity contribution is 0.0902. The molecule has 0 aliphatic heterocycles. The number of halogens is 2. The average molecular weight is 325 g/mol. The fourth-order valence-corrected chi connectivity index (χ4v) is 2.59. The first-order valence-corrected chi connectivity index (χ1v) is 7.04. The molecule has 1 N–H and O–H groups in total. The second-order valence-corrected chi connectivity index (χ2v) is 5.69. The number of nitrogens with one attached hydrogen (secondary N) is 1. The lowest BCUT2D eigenvalue weighted by Gasteiger charge is -2.31. The van der Waals surface area contributed by atoms with E-state index in [1.807, 2.05) is 0 Å². The van der Waals surface area contributed by atoms with Crippen molar-refractivity contribution < 1.29 is 9.18 Å². The molecule has 0 atom stereocenters. The van der Waals surface area contributed by atoms with Crippen LogP contribution in [0, 0.1) is 17.1 Å². The summed E-state index contributed by atoms with van der Waals surface area (Å²) in [5.41, 5.74) is -0.556. The number of carbonyl (C=O) groups excluding carboxylic acids is 1. The number of hydrogen-bond acceptors (Lipinski definition) is 2. The highest BCUT2D eigenvalue weighted by Crippen LogP contribution is 2.28. The second kappa shape index (κ2) is 5.70. The van der Waals surface area contributed by atoms with Gasteiger partial charge >= 0.3 is 0 Å².